The molecular weight excluding hydrogens is 745 g/mol. The summed E-state index contributed by atoms with van der Waals surface area (Å²) in [5.74, 6) is 0.745. The lowest BCUT2D eigenvalue weighted by atomic mass is 9.89. The fourth-order valence-corrected chi connectivity index (χ4v) is 8.36. The first-order valence-corrected chi connectivity index (χ1v) is 19.9. The highest BCUT2D eigenvalue weighted by Crippen LogP contribution is 2.50. The quantitative estimate of drug-likeness (QED) is 0.0493. The molecule has 0 fully saturated rings. The number of fused-ring (bicyclic) bond motifs is 2. The number of hydrazone groups is 1. The van der Waals surface area contributed by atoms with E-state index in [1.807, 2.05) is 66.1 Å². The number of aldehydes is 1. The normalized spacial score (nSPS) is 16.0. The zero-order valence-corrected chi connectivity index (χ0v) is 36.2. The summed E-state index contributed by atoms with van der Waals surface area (Å²) in [7, 11) is 8.67. The number of aryl methyl sites for hydroxylation is 2. The molecule has 3 aromatic carbocycles. The molecular formula is C45H59Cl2N5O4. The number of benzene rings is 3. The first kappa shape index (κ1) is 44.4. The number of carbonyl (C=O) groups is 1. The van der Waals surface area contributed by atoms with Crippen LogP contribution in [0.1, 0.15) is 67.3 Å². The van der Waals surface area contributed by atoms with Crippen molar-refractivity contribution in [2.45, 2.75) is 72.0 Å². The van der Waals surface area contributed by atoms with E-state index in [-0.39, 0.29) is 12.0 Å². The van der Waals surface area contributed by atoms with Crippen molar-refractivity contribution in [1.29, 1.82) is 0 Å². The third-order valence-electron chi connectivity index (χ3n) is 10.4. The van der Waals surface area contributed by atoms with Gasteiger partial charge in [-0.05, 0) is 94.0 Å². The van der Waals surface area contributed by atoms with Gasteiger partial charge in [0.15, 0.2) is 0 Å². The molecule has 2 unspecified atom stereocenters. The summed E-state index contributed by atoms with van der Waals surface area (Å²) in [6, 6.07) is 14.0. The largest absolute Gasteiger partial charge is 0.494 e. The van der Waals surface area contributed by atoms with Crippen molar-refractivity contribution in [2.75, 3.05) is 64.9 Å². The summed E-state index contributed by atoms with van der Waals surface area (Å²) in [5, 5.41) is 16.1. The maximum absolute atomic E-state index is 13.4. The van der Waals surface area contributed by atoms with Gasteiger partial charge in [-0.1, -0.05) is 60.1 Å². The van der Waals surface area contributed by atoms with Crippen LogP contribution in [0.5, 0.6) is 5.75 Å². The molecule has 302 valence electrons. The summed E-state index contributed by atoms with van der Waals surface area (Å²) < 4.78 is 13.9. The topological polar surface area (TPSA) is 82.8 Å². The predicted molar refractivity (Wildman–Crippen MR) is 237 cm³/mol. The maximum Gasteiger partial charge on any atom is 0.143 e. The highest BCUT2D eigenvalue weighted by molar-refractivity contribution is 6.36. The second kappa shape index (κ2) is 20.2. The van der Waals surface area contributed by atoms with Crippen molar-refractivity contribution < 1.29 is 19.4 Å². The van der Waals surface area contributed by atoms with Gasteiger partial charge in [0.25, 0.3) is 0 Å². The van der Waals surface area contributed by atoms with E-state index in [4.69, 9.17) is 42.9 Å². The number of aliphatic hydroxyl groups excluding tert-OH is 1. The Labute approximate surface area is 343 Å². The zero-order chi connectivity index (χ0) is 41.3. The number of methoxy groups -OCH3 is 1. The Kier molecular flexibility index (Phi) is 16.1. The fourth-order valence-electron chi connectivity index (χ4n) is 7.99. The lowest BCUT2D eigenvalue weighted by Crippen LogP contribution is -2.47. The van der Waals surface area contributed by atoms with Crippen LogP contribution < -0.4 is 14.5 Å². The van der Waals surface area contributed by atoms with Crippen LogP contribution in [0.25, 0.3) is 22.6 Å². The SMILES string of the molecule is C=Cc1ccc2c(N(C)C[C@@H](C)N3c4c(ccc(Cl)c4C(=C\C)/C(C)=N\N(C)C)C(CCCOc4cc(C)c(Cl)c(C)c4)C3C=O)cn(CCOC)c2c1.CO. The average Bonchev–Trinajstić information content (AvgIpc) is 3.71. The second-order valence-electron chi connectivity index (χ2n) is 14.5. The molecule has 1 aromatic heterocycles. The van der Waals surface area contributed by atoms with Gasteiger partial charge in [0.1, 0.15) is 12.0 Å². The number of halogens is 2. The molecule has 0 bridgehead atoms. The van der Waals surface area contributed by atoms with Gasteiger partial charge in [0.05, 0.1) is 46.9 Å². The summed E-state index contributed by atoms with van der Waals surface area (Å²) in [6.07, 6.45) is 8.79. The molecule has 0 saturated carbocycles. The lowest BCUT2D eigenvalue weighted by molar-refractivity contribution is -0.109. The van der Waals surface area contributed by atoms with E-state index in [2.05, 4.69) is 71.5 Å². The molecule has 1 aliphatic rings. The highest BCUT2D eigenvalue weighted by Gasteiger charge is 2.43. The molecule has 0 radical (unpaired) electrons. The van der Waals surface area contributed by atoms with Gasteiger partial charge in [-0.3, -0.25) is 0 Å². The second-order valence-corrected chi connectivity index (χ2v) is 15.3. The Morgan fingerprint density at radius 1 is 1.07 bits per heavy atom. The number of allylic oxidation sites excluding steroid dienone is 2. The number of anilines is 2. The number of carbonyl (C=O) groups excluding carboxylic acids is 1. The van der Waals surface area contributed by atoms with Crippen molar-refractivity contribution in [2.24, 2.45) is 5.10 Å². The zero-order valence-electron chi connectivity index (χ0n) is 34.7. The van der Waals surface area contributed by atoms with E-state index in [9.17, 15) is 4.79 Å². The number of rotatable bonds is 17. The van der Waals surface area contributed by atoms with Gasteiger partial charge in [-0.2, -0.15) is 5.10 Å². The Hall–Kier alpha value is -4.28. The van der Waals surface area contributed by atoms with E-state index >= 15 is 0 Å². The molecule has 1 aliphatic heterocycles. The predicted octanol–water partition coefficient (Wildman–Crippen LogP) is 9.66. The summed E-state index contributed by atoms with van der Waals surface area (Å²) in [6.45, 7) is 16.7. The van der Waals surface area contributed by atoms with Gasteiger partial charge in [0, 0.05) is 88.2 Å². The van der Waals surface area contributed by atoms with Crippen LogP contribution >= 0.6 is 23.2 Å². The summed E-state index contributed by atoms with van der Waals surface area (Å²) in [4.78, 5) is 18.0. The van der Waals surface area contributed by atoms with Gasteiger partial charge < -0.3 is 38.8 Å². The van der Waals surface area contributed by atoms with Crippen molar-refractivity contribution in [1.82, 2.24) is 9.58 Å². The lowest BCUT2D eigenvalue weighted by Gasteiger charge is -2.36. The number of hydrogen-bond acceptors (Lipinski definition) is 8. The molecule has 11 heteroatoms. The van der Waals surface area contributed by atoms with Crippen LogP contribution in [-0.4, -0.2) is 93.9 Å². The van der Waals surface area contributed by atoms with E-state index in [1.54, 1.807) is 12.1 Å². The molecule has 1 N–H and O–H groups in total. The van der Waals surface area contributed by atoms with Crippen LogP contribution in [0.3, 0.4) is 0 Å². The molecule has 9 nitrogen and oxygen atoms in total. The summed E-state index contributed by atoms with van der Waals surface area (Å²) in [5.41, 5.74) is 10.1. The standard InChI is InChI=1S/C44H55Cl2N5O3.CH4O/c1-11-32-15-16-37-39(24-32)50(19-21-53-10)26-40(37)49(9)25-30(5)51-41(27-52)35(14-13-20-54-33-22-28(3)43(46)29(4)23-33)36-17-18-38(45)42(44(36)51)34(12-2)31(6)47-48(7)8;1-2/h11-12,15-18,22-24,26-27,30,35,41H,1,13-14,19-21,25H2,2-10H3;2H,1H3/b34-12-,47-31-;/t30-,35?,41?;/m1./s1. The Morgan fingerprint density at radius 3 is 2.38 bits per heavy atom. The molecule has 2 heterocycles. The van der Waals surface area contributed by atoms with E-state index in [0.717, 1.165) is 105 Å². The summed E-state index contributed by atoms with van der Waals surface area (Å²) >= 11 is 13.6. The van der Waals surface area contributed by atoms with Crippen molar-refractivity contribution in [3.05, 3.63) is 99.2 Å². The van der Waals surface area contributed by atoms with Crippen LogP contribution in [0, 0.1) is 13.8 Å². The van der Waals surface area contributed by atoms with Gasteiger partial charge in [0.2, 0.25) is 0 Å². The minimum Gasteiger partial charge on any atom is -0.494 e. The number of likely N-dealkylation sites (N-methyl/N-ethyl adjacent to an activating group) is 1. The van der Waals surface area contributed by atoms with Gasteiger partial charge >= 0.3 is 0 Å². The minimum atomic E-state index is -0.400. The molecule has 3 atom stereocenters. The third kappa shape index (κ3) is 9.63. The van der Waals surface area contributed by atoms with E-state index in [1.165, 1.54) is 0 Å². The fraction of sp³-hybridized carbons (Fsp3) is 0.422. The minimum absolute atomic E-state index is 0.0592. The smallest absolute Gasteiger partial charge is 0.143 e. The van der Waals surface area contributed by atoms with Crippen LogP contribution in [0.4, 0.5) is 11.4 Å². The van der Waals surface area contributed by atoms with Crippen LogP contribution in [0.15, 0.2) is 66.4 Å². The molecule has 0 saturated heterocycles. The first-order chi connectivity index (χ1) is 26.8. The number of hydrogen-bond donors (Lipinski definition) is 1. The number of nitrogens with zero attached hydrogens (tertiary/aromatic N) is 5. The Bertz CT molecular complexity index is 2030. The van der Waals surface area contributed by atoms with Crippen LogP contribution in [0.2, 0.25) is 10.0 Å². The number of ether oxygens (including phenoxy) is 2. The Balaban J connectivity index is 0.00000342. The monoisotopic (exact) mass is 803 g/mol. The molecule has 56 heavy (non-hydrogen) atoms. The highest BCUT2D eigenvalue weighted by atomic mass is 35.5. The van der Waals surface area contributed by atoms with Gasteiger partial charge in [-0.15, -0.1) is 0 Å². The maximum atomic E-state index is 13.4. The number of aromatic nitrogens is 1. The molecule has 4 aromatic rings. The van der Waals surface area contributed by atoms with E-state index in [0.29, 0.717) is 24.8 Å². The number of aliphatic hydroxyl groups is 1. The van der Waals surface area contributed by atoms with Crippen molar-refractivity contribution in [3.8, 4) is 5.75 Å². The molecule has 0 aliphatic carbocycles. The molecule has 0 spiro atoms. The third-order valence-corrected chi connectivity index (χ3v) is 11.3. The van der Waals surface area contributed by atoms with Crippen molar-refractivity contribution in [3.63, 3.8) is 0 Å². The Morgan fingerprint density at radius 2 is 1.77 bits per heavy atom. The van der Waals surface area contributed by atoms with E-state index < -0.39 is 6.04 Å². The van der Waals surface area contributed by atoms with Crippen LogP contribution in [-0.2, 0) is 16.1 Å². The van der Waals surface area contributed by atoms with Gasteiger partial charge in [-0.25, -0.2) is 0 Å². The molecule has 0 amide bonds. The molecule has 5 rings (SSSR count). The first-order valence-electron chi connectivity index (χ1n) is 19.1. The average molecular weight is 805 g/mol. The van der Waals surface area contributed by atoms with Crippen molar-refractivity contribution >= 4 is 69.1 Å².